The molecule has 2 nitrogen and oxygen atoms in total. The van der Waals surface area contributed by atoms with E-state index in [1.807, 2.05) is 37.3 Å². The molecule has 0 unspecified atom stereocenters. The molecule has 0 bridgehead atoms. The molecule has 0 spiro atoms. The summed E-state index contributed by atoms with van der Waals surface area (Å²) in [5.74, 6) is 2.17. The number of halogens is 1. The van der Waals surface area contributed by atoms with Gasteiger partial charge in [-0.15, -0.1) is 0 Å². The Kier molecular flexibility index (Phi) is 5.83. The summed E-state index contributed by atoms with van der Waals surface area (Å²) in [5.41, 5.74) is 2.37. The zero-order valence-corrected chi connectivity index (χ0v) is 14.1. The smallest absolute Gasteiger partial charge is 0.131 e. The third-order valence-electron chi connectivity index (χ3n) is 3.69. The molecular formula is C18H21BrO2. The van der Waals surface area contributed by atoms with E-state index in [-0.39, 0.29) is 6.61 Å². The lowest BCUT2D eigenvalue weighted by molar-refractivity contribution is 0.281. The molecule has 0 radical (unpaired) electrons. The Morgan fingerprint density at radius 3 is 2.52 bits per heavy atom. The SMILES string of the molecule is Cc1c(Br)cccc1Oc1ccc([C@H](C)CCCO)cc1. The predicted molar refractivity (Wildman–Crippen MR) is 90.1 cm³/mol. The summed E-state index contributed by atoms with van der Waals surface area (Å²) in [7, 11) is 0. The number of rotatable bonds is 6. The van der Waals surface area contributed by atoms with Crippen molar-refractivity contribution in [3.63, 3.8) is 0 Å². The Morgan fingerprint density at radius 1 is 1.14 bits per heavy atom. The van der Waals surface area contributed by atoms with Crippen molar-refractivity contribution < 1.29 is 9.84 Å². The van der Waals surface area contributed by atoms with Crippen molar-refractivity contribution in [1.29, 1.82) is 0 Å². The van der Waals surface area contributed by atoms with Crippen LogP contribution in [0, 0.1) is 6.92 Å². The van der Waals surface area contributed by atoms with Gasteiger partial charge >= 0.3 is 0 Å². The van der Waals surface area contributed by atoms with Gasteiger partial charge in [0, 0.05) is 16.6 Å². The van der Waals surface area contributed by atoms with E-state index in [4.69, 9.17) is 9.84 Å². The molecule has 0 saturated heterocycles. The number of benzene rings is 2. The van der Waals surface area contributed by atoms with Gasteiger partial charge in [0.2, 0.25) is 0 Å². The second-order valence-corrected chi connectivity index (χ2v) is 6.16. The van der Waals surface area contributed by atoms with Gasteiger partial charge in [-0.2, -0.15) is 0 Å². The van der Waals surface area contributed by atoms with Crippen molar-refractivity contribution in [2.75, 3.05) is 6.61 Å². The van der Waals surface area contributed by atoms with E-state index in [1.54, 1.807) is 0 Å². The molecular weight excluding hydrogens is 328 g/mol. The van der Waals surface area contributed by atoms with Crippen LogP contribution in [0.25, 0.3) is 0 Å². The van der Waals surface area contributed by atoms with E-state index in [9.17, 15) is 0 Å². The van der Waals surface area contributed by atoms with Crippen LogP contribution in [0.3, 0.4) is 0 Å². The first-order valence-electron chi connectivity index (χ1n) is 7.25. The van der Waals surface area contributed by atoms with Gasteiger partial charge in [0.25, 0.3) is 0 Å². The van der Waals surface area contributed by atoms with Crippen molar-refractivity contribution in [3.8, 4) is 11.5 Å². The van der Waals surface area contributed by atoms with Gasteiger partial charge in [0.15, 0.2) is 0 Å². The average molecular weight is 349 g/mol. The van der Waals surface area contributed by atoms with Gasteiger partial charge in [-0.25, -0.2) is 0 Å². The summed E-state index contributed by atoms with van der Waals surface area (Å²) in [4.78, 5) is 0. The van der Waals surface area contributed by atoms with Crippen LogP contribution >= 0.6 is 15.9 Å². The molecule has 2 aromatic carbocycles. The van der Waals surface area contributed by atoms with Gasteiger partial charge in [-0.05, 0) is 55.5 Å². The number of hydrogen-bond donors (Lipinski definition) is 1. The van der Waals surface area contributed by atoms with Gasteiger partial charge in [-0.1, -0.05) is 41.1 Å². The highest BCUT2D eigenvalue weighted by molar-refractivity contribution is 9.10. The molecule has 0 aromatic heterocycles. The Morgan fingerprint density at radius 2 is 1.86 bits per heavy atom. The van der Waals surface area contributed by atoms with Crippen LogP contribution in [0.5, 0.6) is 11.5 Å². The fourth-order valence-corrected chi connectivity index (χ4v) is 2.60. The zero-order chi connectivity index (χ0) is 15.2. The van der Waals surface area contributed by atoms with Crippen molar-refractivity contribution in [2.24, 2.45) is 0 Å². The van der Waals surface area contributed by atoms with Crippen LogP contribution in [0.4, 0.5) is 0 Å². The largest absolute Gasteiger partial charge is 0.457 e. The lowest BCUT2D eigenvalue weighted by atomic mass is 9.96. The number of hydrogen-bond acceptors (Lipinski definition) is 2. The molecule has 0 aliphatic carbocycles. The maximum absolute atomic E-state index is 8.89. The molecule has 2 rings (SSSR count). The molecule has 0 amide bonds. The van der Waals surface area contributed by atoms with E-state index < -0.39 is 0 Å². The molecule has 0 saturated carbocycles. The topological polar surface area (TPSA) is 29.5 Å². The zero-order valence-electron chi connectivity index (χ0n) is 12.5. The summed E-state index contributed by atoms with van der Waals surface area (Å²) < 4.78 is 6.99. The van der Waals surface area contributed by atoms with Crippen LogP contribution in [0.2, 0.25) is 0 Å². The molecule has 112 valence electrons. The molecule has 0 aliphatic heterocycles. The van der Waals surface area contributed by atoms with Crippen LogP contribution in [0.15, 0.2) is 46.9 Å². The summed E-state index contributed by atoms with van der Waals surface area (Å²) in [6.45, 7) is 4.47. The summed E-state index contributed by atoms with van der Waals surface area (Å²) in [5, 5.41) is 8.89. The molecule has 2 aromatic rings. The van der Waals surface area contributed by atoms with E-state index in [0.717, 1.165) is 34.4 Å². The number of aliphatic hydroxyl groups is 1. The molecule has 21 heavy (non-hydrogen) atoms. The third-order valence-corrected chi connectivity index (χ3v) is 4.55. The Hall–Kier alpha value is -1.32. The number of ether oxygens (including phenoxy) is 1. The monoisotopic (exact) mass is 348 g/mol. The minimum atomic E-state index is 0.258. The van der Waals surface area contributed by atoms with Crippen LogP contribution in [-0.4, -0.2) is 11.7 Å². The van der Waals surface area contributed by atoms with Crippen LogP contribution < -0.4 is 4.74 Å². The Balaban J connectivity index is 2.07. The lowest BCUT2D eigenvalue weighted by Crippen LogP contribution is -1.96. The van der Waals surface area contributed by atoms with Crippen LogP contribution in [0.1, 0.15) is 36.8 Å². The highest BCUT2D eigenvalue weighted by Gasteiger charge is 2.07. The highest BCUT2D eigenvalue weighted by atomic mass is 79.9. The van der Waals surface area contributed by atoms with Crippen molar-refractivity contribution >= 4 is 15.9 Å². The molecule has 3 heteroatoms. The first-order valence-corrected chi connectivity index (χ1v) is 8.05. The van der Waals surface area contributed by atoms with Gasteiger partial charge < -0.3 is 9.84 Å². The maximum Gasteiger partial charge on any atom is 0.131 e. The van der Waals surface area contributed by atoms with E-state index in [0.29, 0.717) is 5.92 Å². The molecule has 0 aliphatic rings. The van der Waals surface area contributed by atoms with Crippen LogP contribution in [-0.2, 0) is 0 Å². The molecule has 0 fully saturated rings. The lowest BCUT2D eigenvalue weighted by Gasteiger charge is -2.13. The van der Waals surface area contributed by atoms with Crippen molar-refractivity contribution in [2.45, 2.75) is 32.6 Å². The Labute approximate surface area is 134 Å². The summed E-state index contributed by atoms with van der Waals surface area (Å²) >= 11 is 3.51. The fourth-order valence-electron chi connectivity index (χ4n) is 2.25. The van der Waals surface area contributed by atoms with Gasteiger partial charge in [-0.3, -0.25) is 0 Å². The van der Waals surface area contributed by atoms with E-state index >= 15 is 0 Å². The first-order chi connectivity index (χ1) is 10.1. The standard InChI is InChI=1S/C18H21BrO2/c1-13(5-4-12-20)15-8-10-16(11-9-15)21-18-7-3-6-17(19)14(18)2/h3,6-11,13,20H,4-5,12H2,1-2H3/t13-/m1/s1. The van der Waals surface area contributed by atoms with Crippen molar-refractivity contribution in [1.82, 2.24) is 0 Å². The first kappa shape index (κ1) is 16.1. The van der Waals surface area contributed by atoms with Crippen molar-refractivity contribution in [3.05, 3.63) is 58.1 Å². The van der Waals surface area contributed by atoms with Gasteiger partial charge in [0.05, 0.1) is 0 Å². The molecule has 1 N–H and O–H groups in total. The normalized spacial score (nSPS) is 12.2. The van der Waals surface area contributed by atoms with Gasteiger partial charge in [0.1, 0.15) is 11.5 Å². The minimum absolute atomic E-state index is 0.258. The summed E-state index contributed by atoms with van der Waals surface area (Å²) in [6, 6.07) is 14.2. The second-order valence-electron chi connectivity index (χ2n) is 5.30. The summed E-state index contributed by atoms with van der Waals surface area (Å²) in [6.07, 6.45) is 1.85. The highest BCUT2D eigenvalue weighted by Crippen LogP contribution is 2.30. The quantitative estimate of drug-likeness (QED) is 0.754. The maximum atomic E-state index is 8.89. The fraction of sp³-hybridized carbons (Fsp3) is 0.333. The Bertz CT molecular complexity index is 578. The minimum Gasteiger partial charge on any atom is -0.457 e. The van der Waals surface area contributed by atoms with E-state index in [1.165, 1.54) is 5.56 Å². The third kappa shape index (κ3) is 4.32. The van der Waals surface area contributed by atoms with E-state index in [2.05, 4.69) is 35.0 Å². The second kappa shape index (κ2) is 7.62. The molecule has 0 heterocycles. The predicted octanol–water partition coefficient (Wildman–Crippen LogP) is 5.43. The number of aliphatic hydroxyl groups excluding tert-OH is 1. The molecule has 1 atom stereocenters. The average Bonchev–Trinajstić information content (AvgIpc) is 2.50.